The first-order chi connectivity index (χ1) is 47.9. The molecule has 27 nitrogen and oxygen atoms in total. The lowest BCUT2D eigenvalue weighted by atomic mass is 9.81. The number of nitrogen functional groups attached to an aromatic ring is 3. The highest BCUT2D eigenvalue weighted by molar-refractivity contribution is 6.35. The summed E-state index contributed by atoms with van der Waals surface area (Å²) in [7, 11) is 1.66. The van der Waals surface area contributed by atoms with Crippen molar-refractivity contribution in [1.29, 1.82) is 0 Å². The van der Waals surface area contributed by atoms with E-state index in [4.69, 9.17) is 53.2 Å². The van der Waals surface area contributed by atoms with Gasteiger partial charge in [0.15, 0.2) is 17.5 Å². The van der Waals surface area contributed by atoms with Crippen LogP contribution in [-0.2, 0) is 14.3 Å². The number of methoxy groups -OCH3 is 1. The SMILES string of the molecule is CC(=O)NCC1CCC(c2nc(-c3cc4cccc(C)c4[nH]3)c3c(N)ncnn23)CC1.CC(=O)NCC1CCC(c2nc(-c3cc4cccc(Cl)c4[nH]3)c3c(N)ncnn23)CC1.COc1cccc2cc(-c3nc(C4CCN(C(=O)N5C[C@@H](C)O[C@@H](C)C5)CC4)n4ncnc(N)c34)[nH]c12. The zero-order valence-corrected chi connectivity index (χ0v) is 57.2. The average molecular weight is 1360 g/mol. The van der Waals surface area contributed by atoms with Gasteiger partial charge >= 0.3 is 6.03 Å². The van der Waals surface area contributed by atoms with Gasteiger partial charge in [0.25, 0.3) is 0 Å². The molecule has 2 saturated heterocycles. The Morgan fingerprint density at radius 2 is 0.960 bits per heavy atom. The molecule has 0 spiro atoms. The molecule has 2 aliphatic heterocycles. The van der Waals surface area contributed by atoms with Gasteiger partial charge in [-0.1, -0.05) is 54.1 Å². The molecule has 11 N–H and O–H groups in total. The monoisotopic (exact) mass is 1360 g/mol. The number of H-pyrrole nitrogens is 3. The Morgan fingerprint density at radius 3 is 1.39 bits per heavy atom. The van der Waals surface area contributed by atoms with E-state index in [1.165, 1.54) is 24.5 Å². The standard InChI is InChI=1S/C26H32N8O3.C23H27N7O.C22H24ClN7O/c1-15-12-33(13-16(2)37-15)26(35)32-9-7-17(8-10-32)25-31-22(23-24(27)28-14-29-34(23)25)19-11-18-5-4-6-20(36-3)21(18)30-19;1-13-4-3-5-17-10-18(28-19(13)17)20-21-22(24)26-12-27-30(21)23(29-20)16-8-6-15(7-9-16)11-25-14(2)31;1-12(31)25-10-13-5-7-14(8-6-13)22-29-19(20-21(24)26-11-27-30(20)22)17-9-15-3-2-4-16(23)18(15)28-17/h4-6,11,14-17,30H,7-10,12-13H2,1-3H3,(H2,27,28,29);3-5,10,12,15-16,28H,6-9,11H2,1-2H3,(H,25,31)(H2,24,26,27);2-4,9,11,13-14,28H,5-8,10H2,1H3,(H,25,31)(H2,24,26,27)/t15-,16+;;. The summed E-state index contributed by atoms with van der Waals surface area (Å²) in [5.41, 5.74) is 29.9. The van der Waals surface area contributed by atoms with Crippen LogP contribution in [-0.4, -0.2) is 160 Å². The molecule has 28 heteroatoms. The lowest BCUT2D eigenvalue weighted by Gasteiger charge is -2.40. The summed E-state index contributed by atoms with van der Waals surface area (Å²) >= 11 is 6.36. The molecular formula is C71H83ClN22O5. The zero-order valence-electron chi connectivity index (χ0n) is 56.4. The van der Waals surface area contributed by atoms with E-state index in [2.05, 4.69) is 87.0 Å². The third-order valence-electron chi connectivity index (χ3n) is 20.1. The number of halogens is 1. The number of fused-ring (bicyclic) bond motifs is 6. The average Bonchev–Trinajstić information content (AvgIpc) is 1.61. The van der Waals surface area contributed by atoms with E-state index >= 15 is 0 Å². The Kier molecular flexibility index (Phi) is 18.5. The second-order valence-corrected chi connectivity index (χ2v) is 27.3. The number of hydrogen-bond donors (Lipinski definition) is 8. The molecule has 3 aromatic carbocycles. The number of urea groups is 1. The smallest absolute Gasteiger partial charge is 0.320 e. The minimum Gasteiger partial charge on any atom is -0.495 e. The minimum atomic E-state index is 0.0247. The molecule has 0 bridgehead atoms. The normalized spacial score (nSPS) is 19.9. The van der Waals surface area contributed by atoms with Crippen molar-refractivity contribution in [1.82, 2.24) is 94.1 Å². The fourth-order valence-electron chi connectivity index (χ4n) is 15.1. The Morgan fingerprint density at radius 1 is 0.556 bits per heavy atom. The number of aryl methyl sites for hydroxylation is 1. The van der Waals surface area contributed by atoms with Crippen LogP contribution in [0, 0.1) is 18.8 Å². The van der Waals surface area contributed by atoms with Crippen LogP contribution in [0.15, 0.2) is 91.8 Å². The predicted molar refractivity (Wildman–Crippen MR) is 381 cm³/mol. The lowest BCUT2D eigenvalue weighted by molar-refractivity contribution is -0.120. The fourth-order valence-corrected chi connectivity index (χ4v) is 15.3. The second-order valence-electron chi connectivity index (χ2n) is 26.9. The van der Waals surface area contributed by atoms with E-state index in [0.29, 0.717) is 83.1 Å². The van der Waals surface area contributed by atoms with Gasteiger partial charge in [-0.05, 0) is 133 Å². The van der Waals surface area contributed by atoms with Crippen LogP contribution in [0.2, 0.25) is 5.02 Å². The zero-order chi connectivity index (χ0) is 68.8. The molecule has 12 aromatic rings. The molecule has 11 heterocycles. The highest BCUT2D eigenvalue weighted by Crippen LogP contribution is 2.42. The topological polar surface area (TPSA) is 355 Å². The number of imidazole rings is 3. The number of likely N-dealkylation sites (tertiary alicyclic amines) is 1. The number of aromatic amines is 3. The quantitative estimate of drug-likeness (QED) is 0.0596. The van der Waals surface area contributed by atoms with Crippen molar-refractivity contribution >= 4 is 96.2 Å². The molecule has 514 valence electrons. The van der Waals surface area contributed by atoms with Gasteiger partial charge < -0.3 is 62.1 Å². The molecular weight excluding hydrogens is 1280 g/mol. The van der Waals surface area contributed by atoms with Crippen molar-refractivity contribution < 1.29 is 23.9 Å². The Hall–Kier alpha value is -10.4. The van der Waals surface area contributed by atoms with Gasteiger partial charge in [0.2, 0.25) is 11.8 Å². The highest BCUT2D eigenvalue weighted by atomic mass is 35.5. The van der Waals surface area contributed by atoms with Gasteiger partial charge in [0.1, 0.15) is 75.8 Å². The molecule has 9 aromatic heterocycles. The maximum absolute atomic E-state index is 13.2. The van der Waals surface area contributed by atoms with Gasteiger partial charge in [-0.3, -0.25) is 9.59 Å². The van der Waals surface area contributed by atoms with Crippen molar-refractivity contribution in [3.63, 3.8) is 0 Å². The molecule has 0 radical (unpaired) electrons. The molecule has 99 heavy (non-hydrogen) atoms. The number of benzene rings is 3. The largest absolute Gasteiger partial charge is 0.495 e. The van der Waals surface area contributed by atoms with E-state index in [-0.39, 0.29) is 41.9 Å². The molecule has 2 aliphatic carbocycles. The van der Waals surface area contributed by atoms with Gasteiger partial charge in [-0.15, -0.1) is 0 Å². The van der Waals surface area contributed by atoms with E-state index in [9.17, 15) is 14.4 Å². The van der Waals surface area contributed by atoms with Crippen LogP contribution in [0.1, 0.15) is 133 Å². The maximum atomic E-state index is 13.2. The summed E-state index contributed by atoms with van der Waals surface area (Å²) in [6, 6.07) is 24.2. The number of carbonyl (C=O) groups is 3. The number of rotatable bonds is 11. The Labute approximate surface area is 575 Å². The van der Waals surface area contributed by atoms with Gasteiger partial charge in [0.05, 0.1) is 52.5 Å². The number of aromatic nitrogens is 15. The van der Waals surface area contributed by atoms with Gasteiger partial charge in [0, 0.05) is 92.5 Å². The molecule has 4 amide bonds. The lowest BCUT2D eigenvalue weighted by Crippen LogP contribution is -2.54. The van der Waals surface area contributed by atoms with Crippen molar-refractivity contribution in [2.24, 2.45) is 11.8 Å². The summed E-state index contributed by atoms with van der Waals surface area (Å²) in [4.78, 5) is 77.6. The summed E-state index contributed by atoms with van der Waals surface area (Å²) < 4.78 is 16.8. The summed E-state index contributed by atoms with van der Waals surface area (Å²) in [6.45, 7) is 13.3. The molecule has 0 unspecified atom stereocenters. The summed E-state index contributed by atoms with van der Waals surface area (Å²) in [5.74, 6) is 6.43. The number of nitrogens with zero attached hydrogens (tertiary/aromatic N) is 14. The van der Waals surface area contributed by atoms with Crippen molar-refractivity contribution in [3.05, 3.63) is 120 Å². The van der Waals surface area contributed by atoms with E-state index < -0.39 is 0 Å². The predicted octanol–water partition coefficient (Wildman–Crippen LogP) is 10.8. The fraction of sp³-hybridized carbons (Fsp3) is 0.408. The Bertz CT molecular complexity index is 4760. The molecule has 2 atom stereocenters. The van der Waals surface area contributed by atoms with Crippen LogP contribution < -0.4 is 32.6 Å². The second kappa shape index (κ2) is 27.8. The summed E-state index contributed by atoms with van der Waals surface area (Å²) in [6.07, 6.45) is 14.3. The number of piperidine rings is 1. The van der Waals surface area contributed by atoms with Crippen LogP contribution in [0.5, 0.6) is 5.75 Å². The number of nitrogens with two attached hydrogens (primary N) is 3. The van der Waals surface area contributed by atoms with E-state index in [1.54, 1.807) is 21.0 Å². The number of anilines is 3. The first-order valence-corrected chi connectivity index (χ1v) is 34.5. The van der Waals surface area contributed by atoms with Crippen LogP contribution in [0.3, 0.4) is 0 Å². The number of hydrogen-bond acceptors (Lipinski definition) is 17. The maximum Gasteiger partial charge on any atom is 0.320 e. The first kappa shape index (κ1) is 65.9. The van der Waals surface area contributed by atoms with Crippen LogP contribution in [0.4, 0.5) is 22.2 Å². The number of ether oxygens (including phenoxy) is 2. The number of para-hydroxylation sites is 3. The molecule has 4 aliphatic rings. The highest BCUT2D eigenvalue weighted by Gasteiger charge is 2.35. The van der Waals surface area contributed by atoms with Gasteiger partial charge in [-0.2, -0.15) is 15.3 Å². The molecule has 4 fully saturated rings. The van der Waals surface area contributed by atoms with Crippen LogP contribution in [0.25, 0.3) is 83.4 Å². The van der Waals surface area contributed by atoms with E-state index in [1.807, 2.05) is 85.7 Å². The summed E-state index contributed by atoms with van der Waals surface area (Å²) in [5, 5.41) is 23.2. The number of morpholine rings is 1. The van der Waals surface area contributed by atoms with Crippen LogP contribution >= 0.6 is 11.6 Å². The number of amides is 4. The van der Waals surface area contributed by atoms with E-state index in [0.717, 1.165) is 167 Å². The third-order valence-corrected chi connectivity index (χ3v) is 20.4. The van der Waals surface area contributed by atoms with Crippen molar-refractivity contribution in [2.75, 3.05) is 63.6 Å². The molecule has 16 rings (SSSR count). The minimum absolute atomic E-state index is 0.0247. The van der Waals surface area contributed by atoms with Crippen molar-refractivity contribution in [3.8, 4) is 39.9 Å². The van der Waals surface area contributed by atoms with Crippen molar-refractivity contribution in [2.45, 2.75) is 129 Å². The Balaban J connectivity index is 0.000000127. The molecule has 2 saturated carbocycles. The first-order valence-electron chi connectivity index (χ1n) is 34.1. The number of nitrogens with one attached hydrogen (secondary N) is 5. The number of carbonyl (C=O) groups excluding carboxylic acids is 3. The van der Waals surface area contributed by atoms with Gasteiger partial charge in [-0.25, -0.2) is 48.2 Å². The third kappa shape index (κ3) is 13.3.